The molecule has 1 amide bonds. The summed E-state index contributed by atoms with van der Waals surface area (Å²) in [7, 11) is 1.59. The van der Waals surface area contributed by atoms with Gasteiger partial charge in [-0.3, -0.25) is 9.20 Å². The van der Waals surface area contributed by atoms with Crippen molar-refractivity contribution in [3.63, 3.8) is 0 Å². The molecule has 2 aromatic heterocycles. The third-order valence-electron chi connectivity index (χ3n) is 3.00. The average Bonchev–Trinajstić information content (AvgIpc) is 3.07. The number of carbonyl (C=O) groups excluding carboxylic acids is 1. The van der Waals surface area contributed by atoms with Crippen LogP contribution in [0.1, 0.15) is 5.69 Å². The number of ether oxygens (including phenoxy) is 1. The lowest BCUT2D eigenvalue weighted by Crippen LogP contribution is -2.07. The summed E-state index contributed by atoms with van der Waals surface area (Å²) in [6, 6.07) is 7.10. The number of halogens is 1. The van der Waals surface area contributed by atoms with E-state index in [0.29, 0.717) is 16.5 Å². The quantitative estimate of drug-likeness (QED) is 0.740. The van der Waals surface area contributed by atoms with Crippen LogP contribution in [0.5, 0.6) is 5.75 Å². The third-order valence-corrected chi connectivity index (χ3v) is 4.04. The van der Waals surface area contributed by atoms with Gasteiger partial charge in [-0.2, -0.15) is 0 Å². The Kier molecular flexibility index (Phi) is 4.13. The highest BCUT2D eigenvalue weighted by atomic mass is 35.5. The van der Waals surface area contributed by atoms with Gasteiger partial charge in [0, 0.05) is 23.3 Å². The fourth-order valence-electron chi connectivity index (χ4n) is 1.94. The van der Waals surface area contributed by atoms with E-state index in [1.54, 1.807) is 37.5 Å². The molecule has 0 saturated carbocycles. The number of anilines is 1. The van der Waals surface area contributed by atoms with Crippen molar-refractivity contribution in [1.82, 2.24) is 9.38 Å². The molecule has 0 bridgehead atoms. The zero-order chi connectivity index (χ0) is 15.5. The van der Waals surface area contributed by atoms with Gasteiger partial charge >= 0.3 is 0 Å². The molecule has 0 radical (unpaired) electrons. The minimum Gasteiger partial charge on any atom is -0.497 e. The second-order valence-corrected chi connectivity index (χ2v) is 5.63. The number of methoxy groups -OCH3 is 1. The lowest BCUT2D eigenvalue weighted by Gasteiger charge is -2.03. The number of nitrogens with one attached hydrogen (secondary N) is 1. The van der Waals surface area contributed by atoms with Crippen LogP contribution in [0.4, 0.5) is 5.69 Å². The summed E-state index contributed by atoms with van der Waals surface area (Å²) in [6.45, 7) is 0. The van der Waals surface area contributed by atoms with Crippen LogP contribution < -0.4 is 10.1 Å². The average molecular weight is 334 g/mol. The highest BCUT2D eigenvalue weighted by molar-refractivity contribution is 7.15. The van der Waals surface area contributed by atoms with Crippen LogP contribution in [0.2, 0.25) is 5.15 Å². The fraction of sp³-hybridized carbons (Fsp3) is 0.0667. The number of imidazole rings is 1. The standard InChI is InChI=1S/C15H12ClN3O2S/c1-21-11-4-2-10(3-5-11)17-13(20)7-6-12-14(16)18-15-19(12)8-9-22-15/h2-9H,1H3,(H,17,20)/b7-6+. The summed E-state index contributed by atoms with van der Waals surface area (Å²) in [5.41, 5.74) is 1.37. The molecule has 2 heterocycles. The van der Waals surface area contributed by atoms with Crippen LogP contribution in [-0.2, 0) is 4.79 Å². The predicted molar refractivity (Wildman–Crippen MR) is 88.7 cm³/mol. The molecule has 0 unspecified atom stereocenters. The Morgan fingerprint density at radius 1 is 1.41 bits per heavy atom. The maximum absolute atomic E-state index is 11.9. The summed E-state index contributed by atoms with van der Waals surface area (Å²) < 4.78 is 6.90. The number of nitrogens with zero attached hydrogens (tertiary/aromatic N) is 2. The van der Waals surface area contributed by atoms with Gasteiger partial charge in [0.2, 0.25) is 5.91 Å². The third kappa shape index (κ3) is 2.98. The van der Waals surface area contributed by atoms with Crippen molar-refractivity contribution in [3.8, 4) is 5.75 Å². The van der Waals surface area contributed by atoms with Gasteiger partial charge < -0.3 is 10.1 Å². The molecule has 112 valence electrons. The van der Waals surface area contributed by atoms with Crippen molar-refractivity contribution in [2.75, 3.05) is 12.4 Å². The summed E-state index contributed by atoms with van der Waals surface area (Å²) >= 11 is 7.55. The lowest BCUT2D eigenvalue weighted by molar-refractivity contribution is -0.111. The highest BCUT2D eigenvalue weighted by Gasteiger charge is 2.08. The first-order chi connectivity index (χ1) is 10.7. The Morgan fingerprint density at radius 2 is 2.18 bits per heavy atom. The van der Waals surface area contributed by atoms with E-state index in [0.717, 1.165) is 10.7 Å². The Balaban J connectivity index is 1.73. The van der Waals surface area contributed by atoms with Crippen molar-refractivity contribution in [2.24, 2.45) is 0 Å². The molecule has 3 rings (SSSR count). The van der Waals surface area contributed by atoms with E-state index >= 15 is 0 Å². The summed E-state index contributed by atoms with van der Waals surface area (Å²) in [6.07, 6.45) is 4.94. The first-order valence-corrected chi connectivity index (χ1v) is 7.67. The number of amides is 1. The van der Waals surface area contributed by atoms with Gasteiger partial charge in [-0.15, -0.1) is 11.3 Å². The predicted octanol–water partition coefficient (Wildman–Crippen LogP) is 3.71. The first kappa shape index (κ1) is 14.6. The SMILES string of the molecule is COc1ccc(NC(=O)/C=C/c2c(Cl)nc3sccn23)cc1. The molecule has 1 N–H and O–H groups in total. The van der Waals surface area contributed by atoms with Crippen molar-refractivity contribution in [2.45, 2.75) is 0 Å². The van der Waals surface area contributed by atoms with E-state index in [4.69, 9.17) is 16.3 Å². The Morgan fingerprint density at radius 3 is 2.91 bits per heavy atom. The summed E-state index contributed by atoms with van der Waals surface area (Å²) in [5.74, 6) is 0.492. The van der Waals surface area contributed by atoms with Crippen LogP contribution in [0, 0.1) is 0 Å². The Hall–Kier alpha value is -2.31. The van der Waals surface area contributed by atoms with E-state index < -0.39 is 0 Å². The molecule has 0 spiro atoms. The van der Waals surface area contributed by atoms with Crippen LogP contribution >= 0.6 is 22.9 Å². The van der Waals surface area contributed by atoms with Crippen molar-refractivity contribution >= 4 is 45.6 Å². The number of aromatic nitrogens is 2. The van der Waals surface area contributed by atoms with Crippen molar-refractivity contribution in [3.05, 3.63) is 52.8 Å². The molecular formula is C15H12ClN3O2S. The minimum atomic E-state index is -0.244. The van der Waals surface area contributed by atoms with Crippen LogP contribution in [0.15, 0.2) is 41.9 Å². The molecule has 3 aromatic rings. The Bertz CT molecular complexity index is 836. The van der Waals surface area contributed by atoms with Gasteiger partial charge in [-0.1, -0.05) is 11.6 Å². The van der Waals surface area contributed by atoms with Crippen LogP contribution in [0.25, 0.3) is 11.0 Å². The summed E-state index contributed by atoms with van der Waals surface area (Å²) in [4.78, 5) is 16.9. The molecule has 0 aliphatic rings. The summed E-state index contributed by atoms with van der Waals surface area (Å²) in [5, 5.41) is 5.05. The minimum absolute atomic E-state index is 0.244. The molecule has 0 aliphatic heterocycles. The van der Waals surface area contributed by atoms with E-state index in [1.165, 1.54) is 17.4 Å². The van der Waals surface area contributed by atoms with Crippen LogP contribution in [0.3, 0.4) is 0 Å². The second-order valence-electron chi connectivity index (χ2n) is 4.39. The monoisotopic (exact) mass is 333 g/mol. The van der Waals surface area contributed by atoms with Gasteiger partial charge in [0.25, 0.3) is 0 Å². The fourth-order valence-corrected chi connectivity index (χ4v) is 2.94. The van der Waals surface area contributed by atoms with Gasteiger partial charge in [-0.25, -0.2) is 4.98 Å². The number of hydrogen-bond donors (Lipinski definition) is 1. The molecule has 0 saturated heterocycles. The van der Waals surface area contributed by atoms with Crippen molar-refractivity contribution < 1.29 is 9.53 Å². The van der Waals surface area contributed by atoms with Gasteiger partial charge in [0.1, 0.15) is 5.75 Å². The van der Waals surface area contributed by atoms with Gasteiger partial charge in [-0.05, 0) is 30.3 Å². The maximum atomic E-state index is 11.9. The van der Waals surface area contributed by atoms with E-state index in [9.17, 15) is 4.79 Å². The van der Waals surface area contributed by atoms with E-state index in [-0.39, 0.29) is 5.91 Å². The number of fused-ring (bicyclic) bond motifs is 1. The molecule has 0 fully saturated rings. The first-order valence-electron chi connectivity index (χ1n) is 6.41. The number of hydrogen-bond acceptors (Lipinski definition) is 4. The van der Waals surface area contributed by atoms with Gasteiger partial charge in [0.15, 0.2) is 10.1 Å². The van der Waals surface area contributed by atoms with Crippen molar-refractivity contribution in [1.29, 1.82) is 0 Å². The lowest BCUT2D eigenvalue weighted by atomic mass is 10.3. The molecule has 1 aromatic carbocycles. The molecule has 5 nitrogen and oxygen atoms in total. The number of thiazole rings is 1. The Labute approximate surface area is 135 Å². The molecular weight excluding hydrogens is 322 g/mol. The molecule has 0 atom stereocenters. The second kappa shape index (κ2) is 6.21. The smallest absolute Gasteiger partial charge is 0.248 e. The topological polar surface area (TPSA) is 55.6 Å². The number of benzene rings is 1. The van der Waals surface area contributed by atoms with E-state index in [1.807, 2.05) is 16.0 Å². The van der Waals surface area contributed by atoms with Crippen LogP contribution in [-0.4, -0.2) is 22.4 Å². The van der Waals surface area contributed by atoms with Gasteiger partial charge in [0.05, 0.1) is 12.8 Å². The molecule has 0 aliphatic carbocycles. The zero-order valence-electron chi connectivity index (χ0n) is 11.6. The largest absolute Gasteiger partial charge is 0.497 e. The van der Waals surface area contributed by atoms with E-state index in [2.05, 4.69) is 10.3 Å². The zero-order valence-corrected chi connectivity index (χ0v) is 13.2. The number of carbonyl (C=O) groups is 1. The highest BCUT2D eigenvalue weighted by Crippen LogP contribution is 2.22. The number of rotatable bonds is 4. The molecule has 7 heteroatoms. The maximum Gasteiger partial charge on any atom is 0.248 e. The normalized spacial score (nSPS) is 11.2. The molecule has 22 heavy (non-hydrogen) atoms.